The Hall–Kier alpha value is -0.693. The van der Waals surface area contributed by atoms with Crippen LogP contribution >= 0.6 is 0 Å². The fourth-order valence-corrected chi connectivity index (χ4v) is 0.542. The maximum absolute atomic E-state index is 6.72. The first-order valence-electron chi connectivity index (χ1n) is 2.68. The molecule has 0 fully saturated rings. The molecule has 2 heteroatoms. The summed E-state index contributed by atoms with van der Waals surface area (Å²) in [6, 6.07) is 3.67. The molecular formula is C8H6LiN. The molecule has 0 aliphatic heterocycles. The van der Waals surface area contributed by atoms with Gasteiger partial charge in [0.25, 0.3) is 0 Å². The van der Waals surface area contributed by atoms with Gasteiger partial charge in [-0.1, -0.05) is 6.07 Å². The third-order valence-corrected chi connectivity index (χ3v) is 1.06. The Morgan fingerprint density at radius 1 is 1.50 bits per heavy atom. The van der Waals surface area contributed by atoms with Crippen molar-refractivity contribution in [1.29, 1.82) is 0 Å². The van der Waals surface area contributed by atoms with Gasteiger partial charge in [0.15, 0.2) is 0 Å². The number of hydrogen-bond donors (Lipinski definition) is 0. The van der Waals surface area contributed by atoms with Crippen LogP contribution in [0, 0.1) is 19.3 Å². The second-order valence-electron chi connectivity index (χ2n) is 1.81. The molecule has 44 valence electrons. The normalized spacial score (nSPS) is 7.60. The quantitative estimate of drug-likeness (QED) is 0.228. The topological polar surface area (TPSA) is 12.9 Å². The van der Waals surface area contributed by atoms with Gasteiger partial charge >= 0.3 is 18.9 Å². The zero-order valence-corrected chi connectivity index (χ0v) is 6.18. The van der Waals surface area contributed by atoms with Gasteiger partial charge in [-0.25, -0.2) is 0 Å². The van der Waals surface area contributed by atoms with Crippen molar-refractivity contribution in [3.05, 3.63) is 36.0 Å². The van der Waals surface area contributed by atoms with E-state index in [0.717, 1.165) is 11.3 Å². The Balaban J connectivity index is 0.000000810. The summed E-state index contributed by atoms with van der Waals surface area (Å²) < 4.78 is 0. The number of rotatable bonds is 0. The fraction of sp³-hybridized carbons (Fsp3) is 0.125. The van der Waals surface area contributed by atoms with E-state index in [-0.39, 0.29) is 18.9 Å². The van der Waals surface area contributed by atoms with Crippen LogP contribution < -0.4 is 18.9 Å². The van der Waals surface area contributed by atoms with Crippen LogP contribution in [0.25, 0.3) is 0 Å². The third kappa shape index (κ3) is 2.27. The van der Waals surface area contributed by atoms with Gasteiger partial charge in [0.2, 0.25) is 0 Å². The standard InChI is InChI=1S/C8H6N.Li/c1-3-8-5-4-7(2)9-6-8;/h4-6H,2H3;/q-1;+1. The number of pyridine rings is 1. The molecule has 0 aliphatic carbocycles. The minimum atomic E-state index is 0. The van der Waals surface area contributed by atoms with Crippen molar-refractivity contribution in [1.82, 2.24) is 4.98 Å². The van der Waals surface area contributed by atoms with Crippen molar-refractivity contribution in [2.24, 2.45) is 0 Å². The summed E-state index contributed by atoms with van der Waals surface area (Å²) in [5.74, 6) is 2.24. The first-order chi connectivity index (χ1) is 4.33. The summed E-state index contributed by atoms with van der Waals surface area (Å²) >= 11 is 0. The molecule has 0 amide bonds. The van der Waals surface area contributed by atoms with Crippen LogP contribution in [0.15, 0.2) is 18.3 Å². The molecule has 0 aliphatic rings. The molecule has 0 unspecified atom stereocenters. The first kappa shape index (κ1) is 9.31. The molecule has 1 aromatic heterocycles. The maximum Gasteiger partial charge on any atom is 1.00 e. The van der Waals surface area contributed by atoms with Gasteiger partial charge in [-0.05, 0) is 13.1 Å². The molecule has 0 saturated carbocycles. The van der Waals surface area contributed by atoms with Crippen LogP contribution in [0.1, 0.15) is 11.3 Å². The number of nitrogens with zero attached hydrogens (tertiary/aromatic N) is 1. The van der Waals surface area contributed by atoms with Gasteiger partial charge in [0.05, 0.1) is 0 Å². The van der Waals surface area contributed by atoms with E-state index in [0.29, 0.717) is 0 Å². The molecule has 1 aromatic rings. The van der Waals surface area contributed by atoms with E-state index in [1.807, 2.05) is 19.1 Å². The first-order valence-corrected chi connectivity index (χ1v) is 2.68. The van der Waals surface area contributed by atoms with E-state index in [1.54, 1.807) is 6.20 Å². The molecule has 1 rings (SSSR count). The summed E-state index contributed by atoms with van der Waals surface area (Å²) in [7, 11) is 0. The molecule has 0 spiro atoms. The van der Waals surface area contributed by atoms with Gasteiger partial charge in [-0.15, -0.1) is 11.6 Å². The van der Waals surface area contributed by atoms with Crippen LogP contribution in [-0.4, -0.2) is 4.98 Å². The van der Waals surface area contributed by atoms with Crippen LogP contribution in [0.3, 0.4) is 0 Å². The second kappa shape index (κ2) is 4.18. The van der Waals surface area contributed by atoms with Crippen LogP contribution in [0.2, 0.25) is 0 Å². The summed E-state index contributed by atoms with van der Waals surface area (Å²) in [4.78, 5) is 3.97. The zero-order valence-electron chi connectivity index (χ0n) is 6.18. The average Bonchev–Trinajstić information content (AvgIpc) is 1.90. The zero-order chi connectivity index (χ0) is 6.69. The average molecular weight is 123 g/mol. The van der Waals surface area contributed by atoms with E-state index >= 15 is 0 Å². The maximum atomic E-state index is 6.72. The van der Waals surface area contributed by atoms with Crippen molar-refractivity contribution >= 4 is 0 Å². The van der Waals surface area contributed by atoms with Crippen molar-refractivity contribution < 1.29 is 18.9 Å². The molecule has 10 heavy (non-hydrogen) atoms. The van der Waals surface area contributed by atoms with Gasteiger partial charge in [0, 0.05) is 5.69 Å². The molecule has 0 radical (unpaired) electrons. The molecule has 1 heterocycles. The van der Waals surface area contributed by atoms with Crippen molar-refractivity contribution in [3.8, 4) is 5.92 Å². The molecule has 0 saturated heterocycles. The van der Waals surface area contributed by atoms with E-state index < -0.39 is 0 Å². The molecule has 0 N–H and O–H groups in total. The summed E-state index contributed by atoms with van der Waals surface area (Å²) in [6.07, 6.45) is 8.35. The minimum Gasteiger partial charge on any atom is -0.366 e. The Morgan fingerprint density at radius 3 is 2.60 bits per heavy atom. The van der Waals surface area contributed by atoms with E-state index in [1.165, 1.54) is 0 Å². The summed E-state index contributed by atoms with van der Waals surface area (Å²) in [5, 5.41) is 0. The number of aryl methyl sites for hydroxylation is 1. The predicted octanol–water partition coefficient (Wildman–Crippen LogP) is -1.67. The summed E-state index contributed by atoms with van der Waals surface area (Å²) in [6.45, 7) is 1.91. The number of aromatic nitrogens is 1. The summed E-state index contributed by atoms with van der Waals surface area (Å²) in [5.41, 5.74) is 1.69. The van der Waals surface area contributed by atoms with E-state index in [9.17, 15) is 0 Å². The SMILES string of the molecule is [C-]#Cc1ccc(C)nc1.[Li+]. The Labute approximate surface area is 73.0 Å². The van der Waals surface area contributed by atoms with E-state index in [2.05, 4.69) is 10.9 Å². The van der Waals surface area contributed by atoms with Crippen molar-refractivity contribution in [2.45, 2.75) is 6.92 Å². The molecule has 0 bridgehead atoms. The number of hydrogen-bond acceptors (Lipinski definition) is 1. The molecule has 0 aromatic carbocycles. The van der Waals surface area contributed by atoms with Gasteiger partial charge in [-0.2, -0.15) is 0 Å². The largest absolute Gasteiger partial charge is 1.00 e. The van der Waals surface area contributed by atoms with Crippen LogP contribution in [0.5, 0.6) is 0 Å². The Kier molecular flexibility index (Phi) is 3.89. The monoisotopic (exact) mass is 123 g/mol. The Bertz CT molecular complexity index is 232. The van der Waals surface area contributed by atoms with Crippen LogP contribution in [0.4, 0.5) is 0 Å². The van der Waals surface area contributed by atoms with Gasteiger partial charge < -0.3 is 6.42 Å². The third-order valence-electron chi connectivity index (χ3n) is 1.06. The molecule has 0 atom stereocenters. The van der Waals surface area contributed by atoms with Gasteiger partial charge in [0.1, 0.15) is 0 Å². The molecular weight excluding hydrogens is 117 g/mol. The van der Waals surface area contributed by atoms with Crippen LogP contribution in [-0.2, 0) is 0 Å². The van der Waals surface area contributed by atoms with Gasteiger partial charge in [-0.3, -0.25) is 10.9 Å². The van der Waals surface area contributed by atoms with Crippen molar-refractivity contribution in [3.63, 3.8) is 0 Å². The van der Waals surface area contributed by atoms with E-state index in [4.69, 9.17) is 6.42 Å². The predicted molar refractivity (Wildman–Crippen MR) is 35.2 cm³/mol. The fourth-order valence-electron chi connectivity index (χ4n) is 0.542. The second-order valence-corrected chi connectivity index (χ2v) is 1.81. The molecule has 1 nitrogen and oxygen atoms in total. The van der Waals surface area contributed by atoms with Crippen molar-refractivity contribution in [2.75, 3.05) is 0 Å². The smallest absolute Gasteiger partial charge is 0.366 e. The minimum absolute atomic E-state index is 0. The Morgan fingerprint density at radius 2 is 2.20 bits per heavy atom.